The van der Waals surface area contributed by atoms with E-state index in [-0.39, 0.29) is 16.5 Å². The normalized spacial score (nSPS) is 11.5. The van der Waals surface area contributed by atoms with E-state index in [0.717, 1.165) is 6.07 Å². The Hall–Kier alpha value is -2.91. The third kappa shape index (κ3) is 7.16. The van der Waals surface area contributed by atoms with E-state index in [2.05, 4.69) is 15.4 Å². The molecule has 0 fully saturated rings. The summed E-state index contributed by atoms with van der Waals surface area (Å²) in [7, 11) is 0. The van der Waals surface area contributed by atoms with E-state index >= 15 is 0 Å². The van der Waals surface area contributed by atoms with Gasteiger partial charge in [-0.15, -0.1) is 0 Å². The maximum atomic E-state index is 12.2. The fraction of sp³-hybridized carbons (Fsp3) is 0.211. The summed E-state index contributed by atoms with van der Waals surface area (Å²) < 4.78 is 33.6. The Kier molecular flexibility index (Phi) is 8.37. The highest BCUT2D eigenvalue weighted by Gasteiger charge is 2.19. The minimum atomic E-state index is -3.04. The smallest absolute Gasteiger partial charge is 0.387 e. The van der Waals surface area contributed by atoms with Gasteiger partial charge in [-0.25, -0.2) is 0 Å². The van der Waals surface area contributed by atoms with Crippen molar-refractivity contribution in [1.82, 2.24) is 5.32 Å². The number of hydrogen-bond donors (Lipinski definition) is 2. The van der Waals surface area contributed by atoms with Crippen LogP contribution in [0.5, 0.6) is 5.75 Å². The van der Waals surface area contributed by atoms with Crippen molar-refractivity contribution in [2.24, 2.45) is 0 Å². The van der Waals surface area contributed by atoms with Gasteiger partial charge in [0.25, 0.3) is 11.8 Å². The SMILES string of the molecule is CC(OC(=O)CNC(=O)c1ccc(Cl)cc1)C(=O)Nc1ccc(OC(F)F)c(Cl)c1. The fourth-order valence-corrected chi connectivity index (χ4v) is 2.51. The predicted octanol–water partition coefficient (Wildman–Crippen LogP) is 3.90. The Bertz CT molecular complexity index is 926. The zero-order chi connectivity index (χ0) is 22.3. The average molecular weight is 461 g/mol. The molecule has 0 aliphatic rings. The number of esters is 1. The molecule has 1 atom stereocenters. The molecule has 0 aliphatic heterocycles. The van der Waals surface area contributed by atoms with Gasteiger partial charge in [-0.2, -0.15) is 8.78 Å². The largest absolute Gasteiger partial charge is 0.451 e. The molecule has 2 aromatic carbocycles. The van der Waals surface area contributed by atoms with Gasteiger partial charge in [-0.1, -0.05) is 23.2 Å². The Morgan fingerprint density at radius 1 is 1.07 bits per heavy atom. The van der Waals surface area contributed by atoms with Crippen LogP contribution in [0.15, 0.2) is 42.5 Å². The number of nitrogens with one attached hydrogen (secondary N) is 2. The van der Waals surface area contributed by atoms with Crippen LogP contribution >= 0.6 is 23.2 Å². The first-order chi connectivity index (χ1) is 14.2. The van der Waals surface area contributed by atoms with Crippen LogP contribution in [0.3, 0.4) is 0 Å². The molecule has 2 N–H and O–H groups in total. The van der Waals surface area contributed by atoms with E-state index in [1.165, 1.54) is 43.3 Å². The third-order valence-electron chi connectivity index (χ3n) is 3.59. The standard InChI is InChI=1S/C19H16Cl2F2N2O5/c1-10(17(27)25-13-6-7-15(14(21)8-13)30-19(22)23)29-16(26)9-24-18(28)11-2-4-12(20)5-3-11/h2-8,10,19H,9H2,1H3,(H,24,28)(H,25,27). The van der Waals surface area contributed by atoms with Crippen molar-refractivity contribution in [2.45, 2.75) is 19.6 Å². The Labute approximate surface area is 180 Å². The van der Waals surface area contributed by atoms with Crippen molar-refractivity contribution in [3.8, 4) is 5.75 Å². The molecule has 2 rings (SSSR count). The summed E-state index contributed by atoms with van der Waals surface area (Å²) in [6.07, 6.45) is -1.19. The minimum Gasteiger partial charge on any atom is -0.451 e. The van der Waals surface area contributed by atoms with Gasteiger partial charge >= 0.3 is 12.6 Å². The van der Waals surface area contributed by atoms with Crippen LogP contribution in [-0.4, -0.2) is 37.0 Å². The van der Waals surface area contributed by atoms with Crippen LogP contribution in [-0.2, 0) is 14.3 Å². The van der Waals surface area contributed by atoms with E-state index < -0.39 is 37.0 Å². The van der Waals surface area contributed by atoms with E-state index in [4.69, 9.17) is 27.9 Å². The van der Waals surface area contributed by atoms with Crippen molar-refractivity contribution in [1.29, 1.82) is 0 Å². The highest BCUT2D eigenvalue weighted by molar-refractivity contribution is 6.32. The summed E-state index contributed by atoms with van der Waals surface area (Å²) in [6.45, 7) is -2.17. The third-order valence-corrected chi connectivity index (χ3v) is 4.14. The molecule has 0 saturated carbocycles. The van der Waals surface area contributed by atoms with E-state index in [1.807, 2.05) is 0 Å². The highest BCUT2D eigenvalue weighted by atomic mass is 35.5. The van der Waals surface area contributed by atoms with E-state index in [1.54, 1.807) is 0 Å². The number of anilines is 1. The van der Waals surface area contributed by atoms with Gasteiger partial charge < -0.3 is 20.1 Å². The summed E-state index contributed by atoms with van der Waals surface area (Å²) in [5, 5.41) is 5.11. The van der Waals surface area contributed by atoms with Crippen LogP contribution in [0.25, 0.3) is 0 Å². The summed E-state index contributed by atoms with van der Waals surface area (Å²) in [5.74, 6) is -2.29. The molecule has 0 saturated heterocycles. The van der Waals surface area contributed by atoms with Crippen molar-refractivity contribution in [3.05, 3.63) is 58.1 Å². The fourth-order valence-electron chi connectivity index (χ4n) is 2.16. The lowest BCUT2D eigenvalue weighted by atomic mass is 10.2. The minimum absolute atomic E-state index is 0.136. The van der Waals surface area contributed by atoms with Crippen LogP contribution in [0.4, 0.5) is 14.5 Å². The second kappa shape index (κ2) is 10.7. The Morgan fingerprint density at radius 2 is 1.73 bits per heavy atom. The van der Waals surface area contributed by atoms with Crippen molar-refractivity contribution < 1.29 is 32.6 Å². The van der Waals surface area contributed by atoms with Gasteiger partial charge in [0.05, 0.1) is 5.02 Å². The monoisotopic (exact) mass is 460 g/mol. The molecule has 11 heteroatoms. The molecule has 0 aliphatic carbocycles. The van der Waals surface area contributed by atoms with Gasteiger partial charge in [0.2, 0.25) is 0 Å². The number of rotatable bonds is 8. The molecule has 30 heavy (non-hydrogen) atoms. The molecule has 0 spiro atoms. The first kappa shape index (κ1) is 23.4. The molecule has 0 bridgehead atoms. The van der Waals surface area contributed by atoms with Crippen LogP contribution in [0.2, 0.25) is 10.0 Å². The first-order valence-corrected chi connectivity index (χ1v) is 9.19. The number of hydrogen-bond acceptors (Lipinski definition) is 5. The number of amides is 2. The van der Waals surface area contributed by atoms with E-state index in [0.29, 0.717) is 10.6 Å². The number of carbonyl (C=O) groups excluding carboxylic acids is 3. The summed E-state index contributed by atoms with van der Waals surface area (Å²) in [5.41, 5.74) is 0.486. The van der Waals surface area contributed by atoms with Crippen LogP contribution in [0.1, 0.15) is 17.3 Å². The zero-order valence-electron chi connectivity index (χ0n) is 15.5. The molecular formula is C19H16Cl2F2N2O5. The highest BCUT2D eigenvalue weighted by Crippen LogP contribution is 2.29. The van der Waals surface area contributed by atoms with Crippen molar-refractivity contribution >= 4 is 46.7 Å². The number of carbonyl (C=O) groups is 3. The zero-order valence-corrected chi connectivity index (χ0v) is 17.0. The second-order valence-corrected chi connectivity index (χ2v) is 6.68. The lowest BCUT2D eigenvalue weighted by Gasteiger charge is -2.14. The Morgan fingerprint density at radius 3 is 2.33 bits per heavy atom. The molecule has 7 nitrogen and oxygen atoms in total. The lowest BCUT2D eigenvalue weighted by molar-refractivity contribution is -0.152. The van der Waals surface area contributed by atoms with Crippen LogP contribution < -0.4 is 15.4 Å². The van der Waals surface area contributed by atoms with Gasteiger partial charge in [-0.3, -0.25) is 14.4 Å². The van der Waals surface area contributed by atoms with Gasteiger partial charge in [0.1, 0.15) is 12.3 Å². The quantitative estimate of drug-likeness (QED) is 0.582. The lowest BCUT2D eigenvalue weighted by Crippen LogP contribution is -2.35. The number of halogens is 4. The summed E-state index contributed by atoms with van der Waals surface area (Å²) in [4.78, 5) is 35.9. The molecule has 0 aromatic heterocycles. The number of benzene rings is 2. The Balaban J connectivity index is 1.83. The van der Waals surface area contributed by atoms with Gasteiger partial charge in [0.15, 0.2) is 6.10 Å². The molecule has 1 unspecified atom stereocenters. The van der Waals surface area contributed by atoms with Crippen molar-refractivity contribution in [3.63, 3.8) is 0 Å². The van der Waals surface area contributed by atoms with Gasteiger partial charge in [0, 0.05) is 16.3 Å². The topological polar surface area (TPSA) is 93.7 Å². The van der Waals surface area contributed by atoms with Crippen molar-refractivity contribution in [2.75, 3.05) is 11.9 Å². The number of alkyl halides is 2. The maximum absolute atomic E-state index is 12.2. The van der Waals surface area contributed by atoms with Crippen LogP contribution in [0, 0.1) is 0 Å². The molecule has 0 radical (unpaired) electrons. The average Bonchev–Trinajstić information content (AvgIpc) is 2.68. The first-order valence-electron chi connectivity index (χ1n) is 8.44. The van der Waals surface area contributed by atoms with Gasteiger partial charge in [-0.05, 0) is 49.4 Å². The molecule has 160 valence electrons. The second-order valence-electron chi connectivity index (χ2n) is 5.83. The molecule has 2 amide bonds. The van der Waals surface area contributed by atoms with E-state index in [9.17, 15) is 23.2 Å². The molecular weight excluding hydrogens is 445 g/mol. The molecule has 2 aromatic rings. The number of ether oxygens (including phenoxy) is 2. The summed E-state index contributed by atoms with van der Waals surface area (Å²) in [6, 6.07) is 9.69. The predicted molar refractivity (Wildman–Crippen MR) is 106 cm³/mol. The maximum Gasteiger partial charge on any atom is 0.387 e. The molecule has 0 heterocycles. The summed E-state index contributed by atoms with van der Waals surface area (Å²) >= 11 is 11.5.